The number of ether oxygens (including phenoxy) is 1. The van der Waals surface area contributed by atoms with Crippen molar-refractivity contribution < 1.29 is 9.53 Å². The van der Waals surface area contributed by atoms with Crippen molar-refractivity contribution in [2.45, 2.75) is 37.8 Å². The van der Waals surface area contributed by atoms with E-state index in [2.05, 4.69) is 14.9 Å². The first-order chi connectivity index (χ1) is 15.7. The molecule has 168 valence electrons. The maximum absolute atomic E-state index is 12.5. The van der Waals surface area contributed by atoms with Crippen LogP contribution in [0.1, 0.15) is 31.7 Å². The summed E-state index contributed by atoms with van der Waals surface area (Å²) in [6, 6.07) is 12.2. The van der Waals surface area contributed by atoms with Gasteiger partial charge in [-0.2, -0.15) is 0 Å². The maximum atomic E-state index is 12.5. The van der Waals surface area contributed by atoms with Gasteiger partial charge in [0.25, 0.3) is 5.91 Å². The number of hydrogen-bond donors (Lipinski definition) is 1. The number of benzene rings is 1. The van der Waals surface area contributed by atoms with Crippen molar-refractivity contribution in [1.82, 2.24) is 24.3 Å². The van der Waals surface area contributed by atoms with Gasteiger partial charge in [-0.25, -0.2) is 4.79 Å². The normalized spacial score (nSPS) is 18.8. The molecule has 5 rings (SSSR count). The number of piperidine rings is 2. The van der Waals surface area contributed by atoms with Gasteiger partial charge in [-0.3, -0.25) is 14.3 Å². The first-order valence-corrected chi connectivity index (χ1v) is 11.4. The lowest BCUT2D eigenvalue weighted by atomic mass is 9.97. The highest BCUT2D eigenvalue weighted by atomic mass is 16.5. The zero-order valence-electron chi connectivity index (χ0n) is 18.2. The number of nitrogens with one attached hydrogen (secondary N) is 1. The molecule has 1 amide bonds. The Morgan fingerprint density at radius 1 is 1.00 bits per heavy atom. The summed E-state index contributed by atoms with van der Waals surface area (Å²) in [4.78, 5) is 36.4. The maximum Gasteiger partial charge on any atom is 0.326 e. The van der Waals surface area contributed by atoms with E-state index in [0.29, 0.717) is 11.8 Å². The number of rotatable bonds is 5. The summed E-state index contributed by atoms with van der Waals surface area (Å²) in [6.07, 6.45) is 7.21. The van der Waals surface area contributed by atoms with Gasteiger partial charge < -0.3 is 19.5 Å². The Labute approximate surface area is 186 Å². The first kappa shape index (κ1) is 20.8. The van der Waals surface area contributed by atoms with Crippen molar-refractivity contribution in [1.29, 1.82) is 0 Å². The highest BCUT2D eigenvalue weighted by Crippen LogP contribution is 2.28. The summed E-state index contributed by atoms with van der Waals surface area (Å²) in [5.74, 6) is 0.651. The Bertz CT molecular complexity index is 1110. The lowest BCUT2D eigenvalue weighted by Gasteiger charge is -2.42. The van der Waals surface area contributed by atoms with Gasteiger partial charge in [0.15, 0.2) is 6.61 Å². The molecule has 0 aliphatic carbocycles. The first-order valence-electron chi connectivity index (χ1n) is 11.4. The topological polar surface area (TPSA) is 83.5 Å². The number of para-hydroxylation sites is 2. The van der Waals surface area contributed by atoms with Crippen LogP contribution in [0.15, 0.2) is 53.6 Å². The van der Waals surface area contributed by atoms with Crippen LogP contribution in [-0.2, 0) is 4.79 Å². The van der Waals surface area contributed by atoms with E-state index < -0.39 is 0 Å². The van der Waals surface area contributed by atoms with E-state index in [4.69, 9.17) is 4.74 Å². The highest BCUT2D eigenvalue weighted by molar-refractivity contribution is 5.78. The van der Waals surface area contributed by atoms with Crippen LogP contribution in [0.3, 0.4) is 0 Å². The molecule has 2 aliphatic heterocycles. The van der Waals surface area contributed by atoms with Crippen molar-refractivity contribution in [3.8, 4) is 5.75 Å². The van der Waals surface area contributed by atoms with E-state index in [1.807, 2.05) is 33.7 Å². The molecule has 1 aromatic carbocycles. The minimum absolute atomic E-state index is 0.00928. The molecule has 2 fully saturated rings. The monoisotopic (exact) mass is 435 g/mol. The molecule has 3 aromatic rings. The largest absolute Gasteiger partial charge is 0.482 e. The van der Waals surface area contributed by atoms with Gasteiger partial charge in [0.2, 0.25) is 0 Å². The second kappa shape index (κ2) is 9.16. The molecule has 0 atom stereocenters. The van der Waals surface area contributed by atoms with Gasteiger partial charge in [-0.15, -0.1) is 0 Å². The number of fused-ring (bicyclic) bond motifs is 1. The fourth-order valence-electron chi connectivity index (χ4n) is 5.10. The van der Waals surface area contributed by atoms with Crippen molar-refractivity contribution in [2.75, 3.05) is 32.8 Å². The van der Waals surface area contributed by atoms with Crippen LogP contribution in [0.25, 0.3) is 11.0 Å². The summed E-state index contributed by atoms with van der Waals surface area (Å²) in [7, 11) is 0. The number of amides is 1. The zero-order chi connectivity index (χ0) is 21.9. The van der Waals surface area contributed by atoms with Crippen LogP contribution in [0.4, 0.5) is 0 Å². The average Bonchev–Trinajstić information content (AvgIpc) is 3.19. The smallest absolute Gasteiger partial charge is 0.326 e. The molecule has 8 nitrogen and oxygen atoms in total. The quantitative estimate of drug-likeness (QED) is 0.666. The summed E-state index contributed by atoms with van der Waals surface area (Å²) < 4.78 is 7.50. The van der Waals surface area contributed by atoms with Gasteiger partial charge in [-0.1, -0.05) is 12.1 Å². The number of carbonyl (C=O) groups is 1. The molecular weight excluding hydrogens is 406 g/mol. The number of likely N-dealkylation sites (tertiary alicyclic amines) is 2. The summed E-state index contributed by atoms with van der Waals surface area (Å²) in [5, 5.41) is 0. The van der Waals surface area contributed by atoms with Gasteiger partial charge in [0.05, 0.1) is 17.2 Å². The Kier molecular flexibility index (Phi) is 5.94. The fraction of sp³-hybridized carbons (Fsp3) is 0.458. The number of H-pyrrole nitrogens is 1. The number of pyridine rings is 1. The molecule has 2 aromatic heterocycles. The van der Waals surface area contributed by atoms with E-state index in [-0.39, 0.29) is 24.2 Å². The third-order valence-corrected chi connectivity index (χ3v) is 6.82. The van der Waals surface area contributed by atoms with E-state index in [9.17, 15) is 9.59 Å². The molecule has 32 heavy (non-hydrogen) atoms. The molecule has 0 unspecified atom stereocenters. The second-order valence-corrected chi connectivity index (χ2v) is 8.67. The van der Waals surface area contributed by atoms with Gasteiger partial charge in [0, 0.05) is 44.5 Å². The van der Waals surface area contributed by atoms with Crippen molar-refractivity contribution in [2.24, 2.45) is 0 Å². The van der Waals surface area contributed by atoms with Crippen molar-refractivity contribution in [3.05, 3.63) is 59.3 Å². The Hall–Kier alpha value is -3.13. The number of aromatic amines is 1. The van der Waals surface area contributed by atoms with Crippen LogP contribution >= 0.6 is 0 Å². The molecule has 0 bridgehead atoms. The van der Waals surface area contributed by atoms with E-state index in [1.54, 1.807) is 24.5 Å². The molecule has 8 heteroatoms. The van der Waals surface area contributed by atoms with Crippen LogP contribution < -0.4 is 10.4 Å². The van der Waals surface area contributed by atoms with Crippen LogP contribution in [0.5, 0.6) is 5.75 Å². The second-order valence-electron chi connectivity index (χ2n) is 8.67. The third kappa shape index (κ3) is 4.27. The lowest BCUT2D eigenvalue weighted by Crippen LogP contribution is -2.50. The zero-order valence-corrected chi connectivity index (χ0v) is 18.2. The fourth-order valence-corrected chi connectivity index (χ4v) is 5.10. The number of hydrogen-bond acceptors (Lipinski definition) is 5. The minimum Gasteiger partial charge on any atom is -0.482 e. The molecule has 0 saturated carbocycles. The molecule has 1 N–H and O–H groups in total. The Morgan fingerprint density at radius 3 is 2.50 bits per heavy atom. The lowest BCUT2D eigenvalue weighted by molar-refractivity contribution is -0.135. The van der Waals surface area contributed by atoms with Gasteiger partial charge >= 0.3 is 5.69 Å². The van der Waals surface area contributed by atoms with Crippen LogP contribution in [0, 0.1) is 0 Å². The molecule has 2 saturated heterocycles. The predicted molar refractivity (Wildman–Crippen MR) is 122 cm³/mol. The standard InChI is InChI=1S/C24H29N5O3/c30-23(17-32-20-4-3-11-25-16-20)28-14-7-18(8-15-28)27-12-9-19(10-13-27)29-22-6-2-1-5-21(22)26-24(29)31/h1-6,11,16,18-19H,7-10,12-15,17H2,(H,26,31). The Morgan fingerprint density at radius 2 is 1.75 bits per heavy atom. The van der Waals surface area contributed by atoms with E-state index >= 15 is 0 Å². The molecule has 2 aliphatic rings. The number of imidazole rings is 1. The summed E-state index contributed by atoms with van der Waals surface area (Å²) in [5.41, 5.74) is 1.89. The SMILES string of the molecule is O=C(COc1cccnc1)N1CCC(N2CCC(n3c(=O)[nH]c4ccccc43)CC2)CC1. The molecular formula is C24H29N5O3. The number of aromatic nitrogens is 3. The van der Waals surface area contributed by atoms with Crippen molar-refractivity contribution in [3.63, 3.8) is 0 Å². The minimum atomic E-state index is -0.00928. The predicted octanol–water partition coefficient (Wildman–Crippen LogP) is 2.43. The molecule has 0 radical (unpaired) electrons. The van der Waals surface area contributed by atoms with E-state index in [0.717, 1.165) is 62.9 Å². The van der Waals surface area contributed by atoms with Crippen LogP contribution in [-0.4, -0.2) is 69.1 Å². The number of carbonyl (C=O) groups excluding carboxylic acids is 1. The summed E-state index contributed by atoms with van der Waals surface area (Å²) in [6.45, 7) is 3.56. The molecule has 4 heterocycles. The molecule has 0 spiro atoms. The van der Waals surface area contributed by atoms with E-state index in [1.165, 1.54) is 0 Å². The van der Waals surface area contributed by atoms with Crippen LogP contribution in [0.2, 0.25) is 0 Å². The van der Waals surface area contributed by atoms with Gasteiger partial charge in [-0.05, 0) is 49.9 Å². The summed E-state index contributed by atoms with van der Waals surface area (Å²) >= 11 is 0. The van der Waals surface area contributed by atoms with Gasteiger partial charge in [0.1, 0.15) is 5.75 Å². The number of nitrogens with zero attached hydrogens (tertiary/aromatic N) is 4. The third-order valence-electron chi connectivity index (χ3n) is 6.82. The average molecular weight is 436 g/mol. The Balaban J connectivity index is 1.11. The highest BCUT2D eigenvalue weighted by Gasteiger charge is 2.31. The van der Waals surface area contributed by atoms with Crippen molar-refractivity contribution >= 4 is 16.9 Å².